The van der Waals surface area contributed by atoms with Crippen molar-refractivity contribution in [1.82, 2.24) is 10.2 Å². The van der Waals surface area contributed by atoms with Crippen molar-refractivity contribution >= 4 is 6.03 Å². The molecule has 120 valence electrons. The Morgan fingerprint density at radius 2 is 1.91 bits per heavy atom. The zero-order valence-corrected chi connectivity index (χ0v) is 13.9. The van der Waals surface area contributed by atoms with E-state index in [-0.39, 0.29) is 12.1 Å². The van der Waals surface area contributed by atoms with Crippen molar-refractivity contribution in [2.75, 3.05) is 6.54 Å². The number of rotatable bonds is 3. The zero-order valence-electron chi connectivity index (χ0n) is 13.9. The topological polar surface area (TPSA) is 32.3 Å². The standard InChI is InChI=1S/C20H24N2O/c1-15-8-10-17(11-9-15)14-21-20(23)22-12-4-7-19(22)18-6-3-5-16(2)13-18/h3,5-6,8-11,13,19H,4,7,12,14H2,1-2H3,(H,21,23)/t19-/m0/s1. The second-order valence-electron chi connectivity index (χ2n) is 6.41. The van der Waals surface area contributed by atoms with E-state index >= 15 is 0 Å². The highest BCUT2D eigenvalue weighted by Gasteiger charge is 2.29. The minimum atomic E-state index is 0.0366. The lowest BCUT2D eigenvalue weighted by Crippen LogP contribution is -2.39. The smallest absolute Gasteiger partial charge is 0.318 e. The highest BCUT2D eigenvalue weighted by Crippen LogP contribution is 2.32. The number of nitrogens with zero attached hydrogens (tertiary/aromatic N) is 1. The molecule has 1 fully saturated rings. The molecule has 3 heteroatoms. The monoisotopic (exact) mass is 308 g/mol. The lowest BCUT2D eigenvalue weighted by molar-refractivity contribution is 0.192. The highest BCUT2D eigenvalue weighted by molar-refractivity contribution is 5.75. The van der Waals surface area contributed by atoms with Crippen molar-refractivity contribution in [3.05, 3.63) is 70.8 Å². The van der Waals surface area contributed by atoms with Crippen LogP contribution in [-0.2, 0) is 6.54 Å². The third-order valence-electron chi connectivity index (χ3n) is 4.50. The van der Waals surface area contributed by atoms with E-state index < -0.39 is 0 Å². The van der Waals surface area contributed by atoms with Crippen LogP contribution in [0.4, 0.5) is 4.79 Å². The zero-order chi connectivity index (χ0) is 16.2. The van der Waals surface area contributed by atoms with Gasteiger partial charge in [0.05, 0.1) is 6.04 Å². The van der Waals surface area contributed by atoms with Crippen LogP contribution in [0.1, 0.15) is 41.1 Å². The summed E-state index contributed by atoms with van der Waals surface area (Å²) in [6.45, 7) is 5.58. The minimum Gasteiger partial charge on any atom is -0.334 e. The van der Waals surface area contributed by atoms with E-state index in [2.05, 4.69) is 67.7 Å². The molecule has 1 atom stereocenters. The Hall–Kier alpha value is -2.29. The Kier molecular flexibility index (Phi) is 4.65. The van der Waals surface area contributed by atoms with Gasteiger partial charge in [-0.1, -0.05) is 59.7 Å². The number of likely N-dealkylation sites (tertiary alicyclic amines) is 1. The molecule has 3 rings (SSSR count). The van der Waals surface area contributed by atoms with Gasteiger partial charge in [-0.3, -0.25) is 0 Å². The summed E-state index contributed by atoms with van der Waals surface area (Å²) in [5.74, 6) is 0. The van der Waals surface area contributed by atoms with Gasteiger partial charge in [-0.05, 0) is 37.8 Å². The largest absolute Gasteiger partial charge is 0.334 e. The van der Waals surface area contributed by atoms with Crippen LogP contribution in [0.5, 0.6) is 0 Å². The molecule has 0 aromatic heterocycles. The van der Waals surface area contributed by atoms with E-state index in [0.717, 1.165) is 24.9 Å². The summed E-state index contributed by atoms with van der Waals surface area (Å²) in [5, 5.41) is 3.06. The second-order valence-corrected chi connectivity index (χ2v) is 6.41. The van der Waals surface area contributed by atoms with E-state index in [0.29, 0.717) is 6.54 Å². The SMILES string of the molecule is Cc1ccc(CNC(=O)N2CCC[C@H]2c2cccc(C)c2)cc1. The first-order valence-electron chi connectivity index (χ1n) is 8.30. The molecule has 0 spiro atoms. The van der Waals surface area contributed by atoms with Crippen molar-refractivity contribution in [1.29, 1.82) is 0 Å². The minimum absolute atomic E-state index is 0.0366. The van der Waals surface area contributed by atoms with Gasteiger partial charge >= 0.3 is 6.03 Å². The first kappa shape index (κ1) is 15.6. The maximum atomic E-state index is 12.6. The van der Waals surface area contributed by atoms with Crippen LogP contribution in [-0.4, -0.2) is 17.5 Å². The molecule has 0 aliphatic carbocycles. The van der Waals surface area contributed by atoms with Crippen molar-refractivity contribution in [3.8, 4) is 0 Å². The Morgan fingerprint density at radius 1 is 1.13 bits per heavy atom. The number of nitrogens with one attached hydrogen (secondary N) is 1. The van der Waals surface area contributed by atoms with Gasteiger partial charge in [-0.2, -0.15) is 0 Å². The lowest BCUT2D eigenvalue weighted by Gasteiger charge is -2.25. The van der Waals surface area contributed by atoms with Crippen molar-refractivity contribution in [2.45, 2.75) is 39.3 Å². The van der Waals surface area contributed by atoms with Gasteiger partial charge in [-0.15, -0.1) is 0 Å². The molecule has 0 radical (unpaired) electrons. The average molecular weight is 308 g/mol. The third kappa shape index (κ3) is 3.73. The van der Waals surface area contributed by atoms with Crippen molar-refractivity contribution < 1.29 is 4.79 Å². The molecule has 0 saturated carbocycles. The van der Waals surface area contributed by atoms with Crippen LogP contribution < -0.4 is 5.32 Å². The number of carbonyl (C=O) groups excluding carboxylic acids is 1. The first-order chi connectivity index (χ1) is 11.1. The molecule has 1 heterocycles. The molecule has 1 aliphatic rings. The molecule has 3 nitrogen and oxygen atoms in total. The number of amides is 2. The number of carbonyl (C=O) groups is 1. The fourth-order valence-electron chi connectivity index (χ4n) is 3.22. The number of benzene rings is 2. The quantitative estimate of drug-likeness (QED) is 0.898. The van der Waals surface area contributed by atoms with E-state index in [1.165, 1.54) is 16.7 Å². The van der Waals surface area contributed by atoms with E-state index in [9.17, 15) is 4.79 Å². The van der Waals surface area contributed by atoms with Crippen LogP contribution in [0.2, 0.25) is 0 Å². The Labute approximate surface area is 138 Å². The molecule has 2 amide bonds. The molecule has 1 aliphatic heterocycles. The summed E-state index contributed by atoms with van der Waals surface area (Å²) in [7, 11) is 0. The molecular formula is C20H24N2O. The Balaban J connectivity index is 1.65. The van der Waals surface area contributed by atoms with Gasteiger partial charge in [-0.25, -0.2) is 4.79 Å². The second kappa shape index (κ2) is 6.86. The predicted octanol–water partition coefficient (Wildman–Crippen LogP) is 4.35. The Morgan fingerprint density at radius 3 is 2.65 bits per heavy atom. The summed E-state index contributed by atoms with van der Waals surface area (Å²) in [6.07, 6.45) is 2.11. The molecule has 2 aromatic rings. The lowest BCUT2D eigenvalue weighted by atomic mass is 10.0. The van der Waals surface area contributed by atoms with Gasteiger partial charge < -0.3 is 10.2 Å². The molecule has 2 aromatic carbocycles. The predicted molar refractivity (Wildman–Crippen MR) is 93.3 cm³/mol. The van der Waals surface area contributed by atoms with Crippen LogP contribution >= 0.6 is 0 Å². The molecule has 1 saturated heterocycles. The van der Waals surface area contributed by atoms with Gasteiger partial charge in [0.15, 0.2) is 0 Å². The number of urea groups is 1. The van der Waals surface area contributed by atoms with E-state index in [1.54, 1.807) is 0 Å². The fourth-order valence-corrected chi connectivity index (χ4v) is 3.22. The van der Waals surface area contributed by atoms with Crippen LogP contribution in [0.3, 0.4) is 0 Å². The van der Waals surface area contributed by atoms with E-state index in [1.807, 2.05) is 4.90 Å². The fraction of sp³-hybridized carbons (Fsp3) is 0.350. The van der Waals surface area contributed by atoms with Gasteiger partial charge in [0.25, 0.3) is 0 Å². The summed E-state index contributed by atoms with van der Waals surface area (Å²) in [4.78, 5) is 14.5. The van der Waals surface area contributed by atoms with Gasteiger partial charge in [0, 0.05) is 13.1 Å². The summed E-state index contributed by atoms with van der Waals surface area (Å²) >= 11 is 0. The first-order valence-corrected chi connectivity index (χ1v) is 8.30. The van der Waals surface area contributed by atoms with Crippen molar-refractivity contribution in [3.63, 3.8) is 0 Å². The highest BCUT2D eigenvalue weighted by atomic mass is 16.2. The summed E-state index contributed by atoms with van der Waals surface area (Å²) < 4.78 is 0. The van der Waals surface area contributed by atoms with Crippen LogP contribution in [0.25, 0.3) is 0 Å². The maximum Gasteiger partial charge on any atom is 0.318 e. The number of hydrogen-bond acceptors (Lipinski definition) is 1. The summed E-state index contributed by atoms with van der Waals surface area (Å²) in [6, 6.07) is 17.0. The molecular weight excluding hydrogens is 284 g/mol. The molecule has 1 N–H and O–H groups in total. The molecule has 23 heavy (non-hydrogen) atoms. The molecule has 0 bridgehead atoms. The molecule has 0 unspecified atom stereocenters. The number of aryl methyl sites for hydroxylation is 2. The number of hydrogen-bond donors (Lipinski definition) is 1. The average Bonchev–Trinajstić information content (AvgIpc) is 3.04. The Bertz CT molecular complexity index is 678. The summed E-state index contributed by atoms with van der Waals surface area (Å²) in [5.41, 5.74) is 4.86. The van der Waals surface area contributed by atoms with E-state index in [4.69, 9.17) is 0 Å². The maximum absolute atomic E-state index is 12.6. The third-order valence-corrected chi connectivity index (χ3v) is 4.50. The van der Waals surface area contributed by atoms with Crippen molar-refractivity contribution in [2.24, 2.45) is 0 Å². The normalized spacial score (nSPS) is 17.3. The van der Waals surface area contributed by atoms with Crippen LogP contribution in [0, 0.1) is 13.8 Å². The van der Waals surface area contributed by atoms with Gasteiger partial charge in [0.1, 0.15) is 0 Å². The van der Waals surface area contributed by atoms with Gasteiger partial charge in [0.2, 0.25) is 0 Å². The van der Waals surface area contributed by atoms with Crippen LogP contribution in [0.15, 0.2) is 48.5 Å².